The van der Waals surface area contributed by atoms with Gasteiger partial charge in [-0.05, 0) is 59.1 Å². The number of aromatic nitrogens is 1. The molecule has 1 amide bonds. The molecule has 0 fully saturated rings. The average molecular weight is 349 g/mol. The number of nitrogens with zero attached hydrogens (tertiary/aromatic N) is 1. The van der Waals surface area contributed by atoms with Crippen molar-refractivity contribution in [1.29, 1.82) is 0 Å². The van der Waals surface area contributed by atoms with Crippen molar-refractivity contribution in [2.75, 3.05) is 11.9 Å². The lowest BCUT2D eigenvalue weighted by molar-refractivity contribution is -0.115. The topological polar surface area (TPSA) is 51.2 Å². The van der Waals surface area contributed by atoms with E-state index in [-0.39, 0.29) is 5.91 Å². The molecular formula is C16H17BrN2O2. The van der Waals surface area contributed by atoms with E-state index in [2.05, 4.69) is 26.2 Å². The lowest BCUT2D eigenvalue weighted by atomic mass is 10.1. The summed E-state index contributed by atoms with van der Waals surface area (Å²) in [6.45, 7) is 4.48. The maximum atomic E-state index is 12.0. The maximum Gasteiger partial charge on any atom is 0.229 e. The van der Waals surface area contributed by atoms with Crippen molar-refractivity contribution in [1.82, 2.24) is 4.98 Å². The first kappa shape index (κ1) is 15.5. The first-order chi connectivity index (χ1) is 10.1. The highest BCUT2D eigenvalue weighted by Gasteiger charge is 2.07. The van der Waals surface area contributed by atoms with Crippen LogP contribution in [-0.2, 0) is 11.2 Å². The minimum absolute atomic E-state index is 0.0860. The average Bonchev–Trinajstić information content (AvgIpc) is 2.44. The molecule has 0 aliphatic carbocycles. The highest BCUT2D eigenvalue weighted by atomic mass is 79.9. The van der Waals surface area contributed by atoms with Gasteiger partial charge in [0.1, 0.15) is 11.6 Å². The van der Waals surface area contributed by atoms with Crippen LogP contribution in [0.25, 0.3) is 0 Å². The third-order valence-electron chi connectivity index (χ3n) is 2.90. The van der Waals surface area contributed by atoms with Gasteiger partial charge in [0.2, 0.25) is 5.91 Å². The largest absolute Gasteiger partial charge is 0.494 e. The highest BCUT2D eigenvalue weighted by Crippen LogP contribution is 2.17. The molecule has 1 aromatic carbocycles. The molecule has 4 nitrogen and oxygen atoms in total. The van der Waals surface area contributed by atoms with E-state index in [1.165, 1.54) is 0 Å². The second-order valence-corrected chi connectivity index (χ2v) is 5.54. The summed E-state index contributed by atoms with van der Waals surface area (Å²) in [6.07, 6.45) is 1.98. The first-order valence-electron chi connectivity index (χ1n) is 6.72. The van der Waals surface area contributed by atoms with Crippen LogP contribution >= 0.6 is 15.9 Å². The second kappa shape index (κ2) is 7.22. The van der Waals surface area contributed by atoms with Crippen molar-refractivity contribution in [3.05, 3.63) is 52.1 Å². The summed E-state index contributed by atoms with van der Waals surface area (Å²) in [4.78, 5) is 16.2. The monoisotopic (exact) mass is 348 g/mol. The molecule has 0 aliphatic rings. The van der Waals surface area contributed by atoms with Crippen LogP contribution in [0.1, 0.15) is 18.1 Å². The smallest absolute Gasteiger partial charge is 0.229 e. The number of halogens is 1. The lowest BCUT2D eigenvalue weighted by Crippen LogP contribution is -2.16. The Kier molecular flexibility index (Phi) is 5.33. The van der Waals surface area contributed by atoms with Crippen LogP contribution < -0.4 is 10.1 Å². The number of carbonyl (C=O) groups excluding carboxylic acids is 1. The Labute approximate surface area is 132 Å². The van der Waals surface area contributed by atoms with Crippen molar-refractivity contribution in [3.8, 4) is 5.75 Å². The molecule has 0 saturated carbocycles. The summed E-state index contributed by atoms with van der Waals surface area (Å²) < 4.78 is 6.27. The zero-order valence-corrected chi connectivity index (χ0v) is 13.6. The molecule has 0 aliphatic heterocycles. The lowest BCUT2D eigenvalue weighted by Gasteiger charge is -2.08. The summed E-state index contributed by atoms with van der Waals surface area (Å²) in [5.41, 5.74) is 1.86. The van der Waals surface area contributed by atoms with E-state index in [0.717, 1.165) is 21.3 Å². The summed E-state index contributed by atoms with van der Waals surface area (Å²) in [7, 11) is 0. The van der Waals surface area contributed by atoms with E-state index in [4.69, 9.17) is 4.74 Å². The van der Waals surface area contributed by atoms with Crippen LogP contribution in [0.3, 0.4) is 0 Å². The summed E-state index contributed by atoms with van der Waals surface area (Å²) in [5, 5.41) is 2.82. The van der Waals surface area contributed by atoms with E-state index < -0.39 is 0 Å². The summed E-state index contributed by atoms with van der Waals surface area (Å²) in [6, 6.07) is 9.45. The number of rotatable bonds is 5. The van der Waals surface area contributed by atoms with E-state index in [9.17, 15) is 4.79 Å². The van der Waals surface area contributed by atoms with Gasteiger partial charge in [-0.15, -0.1) is 0 Å². The SMILES string of the molecule is CCOc1ccc(CC(=O)Nc2ncc(Br)cc2C)cc1. The molecule has 0 saturated heterocycles. The number of benzene rings is 1. The Morgan fingerprint density at radius 2 is 2.05 bits per heavy atom. The minimum Gasteiger partial charge on any atom is -0.494 e. The third-order valence-corrected chi connectivity index (χ3v) is 3.34. The van der Waals surface area contributed by atoms with Gasteiger partial charge in [-0.3, -0.25) is 4.79 Å². The van der Waals surface area contributed by atoms with E-state index >= 15 is 0 Å². The molecule has 0 bridgehead atoms. The zero-order chi connectivity index (χ0) is 15.2. The second-order valence-electron chi connectivity index (χ2n) is 4.62. The normalized spacial score (nSPS) is 10.2. The van der Waals surface area contributed by atoms with Crippen molar-refractivity contribution in [3.63, 3.8) is 0 Å². The van der Waals surface area contributed by atoms with Crippen LogP contribution in [0.5, 0.6) is 5.75 Å². The zero-order valence-electron chi connectivity index (χ0n) is 12.0. The molecule has 1 N–H and O–H groups in total. The molecule has 21 heavy (non-hydrogen) atoms. The van der Waals surface area contributed by atoms with Crippen molar-refractivity contribution in [2.45, 2.75) is 20.3 Å². The Morgan fingerprint density at radius 3 is 2.67 bits per heavy atom. The molecule has 1 aromatic heterocycles. The van der Waals surface area contributed by atoms with Gasteiger partial charge < -0.3 is 10.1 Å². The van der Waals surface area contributed by atoms with Gasteiger partial charge in [0, 0.05) is 10.7 Å². The predicted octanol–water partition coefficient (Wildman–Crippen LogP) is 3.73. The van der Waals surface area contributed by atoms with Gasteiger partial charge in [0.05, 0.1) is 13.0 Å². The number of hydrogen-bond acceptors (Lipinski definition) is 3. The number of anilines is 1. The van der Waals surface area contributed by atoms with Gasteiger partial charge in [-0.2, -0.15) is 0 Å². The highest BCUT2D eigenvalue weighted by molar-refractivity contribution is 9.10. The number of aryl methyl sites for hydroxylation is 1. The van der Waals surface area contributed by atoms with Crippen LogP contribution in [-0.4, -0.2) is 17.5 Å². The fraction of sp³-hybridized carbons (Fsp3) is 0.250. The maximum absolute atomic E-state index is 12.0. The van der Waals surface area contributed by atoms with Gasteiger partial charge in [0.25, 0.3) is 0 Å². The predicted molar refractivity (Wildman–Crippen MR) is 86.6 cm³/mol. The van der Waals surface area contributed by atoms with Crippen molar-refractivity contribution in [2.24, 2.45) is 0 Å². The molecular weight excluding hydrogens is 332 g/mol. The fourth-order valence-corrected chi connectivity index (χ4v) is 2.35. The molecule has 2 aromatic rings. The van der Waals surface area contributed by atoms with Crippen molar-refractivity contribution < 1.29 is 9.53 Å². The van der Waals surface area contributed by atoms with Gasteiger partial charge >= 0.3 is 0 Å². The van der Waals surface area contributed by atoms with E-state index in [0.29, 0.717) is 18.8 Å². The molecule has 0 unspecified atom stereocenters. The molecule has 0 radical (unpaired) electrons. The van der Waals surface area contributed by atoms with Crippen LogP contribution in [0.2, 0.25) is 0 Å². The number of hydrogen-bond donors (Lipinski definition) is 1. The van der Waals surface area contributed by atoms with Crippen LogP contribution in [0.4, 0.5) is 5.82 Å². The Balaban J connectivity index is 1.98. The Hall–Kier alpha value is -1.88. The fourth-order valence-electron chi connectivity index (χ4n) is 1.90. The summed E-state index contributed by atoms with van der Waals surface area (Å²) >= 11 is 3.35. The molecule has 5 heteroatoms. The number of amides is 1. The molecule has 0 spiro atoms. The van der Waals surface area contributed by atoms with E-state index in [1.807, 2.05) is 44.2 Å². The Bertz CT molecular complexity index is 627. The molecule has 0 atom stereocenters. The molecule has 110 valence electrons. The molecule has 1 heterocycles. The van der Waals surface area contributed by atoms with E-state index in [1.54, 1.807) is 6.20 Å². The number of carbonyl (C=O) groups is 1. The van der Waals surface area contributed by atoms with Crippen molar-refractivity contribution >= 4 is 27.7 Å². The standard InChI is InChI=1S/C16H17BrN2O2/c1-3-21-14-6-4-12(5-7-14)9-15(20)19-16-11(2)8-13(17)10-18-16/h4-8,10H,3,9H2,1-2H3,(H,18,19,20). The summed E-state index contributed by atoms with van der Waals surface area (Å²) in [5.74, 6) is 1.32. The van der Waals surface area contributed by atoms with Crippen LogP contribution in [0, 0.1) is 6.92 Å². The third kappa shape index (κ3) is 4.56. The Morgan fingerprint density at radius 1 is 1.33 bits per heavy atom. The van der Waals surface area contributed by atoms with Gasteiger partial charge in [-0.1, -0.05) is 12.1 Å². The first-order valence-corrected chi connectivity index (χ1v) is 7.51. The van der Waals surface area contributed by atoms with Gasteiger partial charge in [0.15, 0.2) is 0 Å². The van der Waals surface area contributed by atoms with Gasteiger partial charge in [-0.25, -0.2) is 4.98 Å². The number of nitrogens with one attached hydrogen (secondary N) is 1. The number of pyridine rings is 1. The minimum atomic E-state index is -0.0860. The van der Waals surface area contributed by atoms with Crippen LogP contribution in [0.15, 0.2) is 41.0 Å². The number of ether oxygens (including phenoxy) is 1. The quantitative estimate of drug-likeness (QED) is 0.895. The molecule has 2 rings (SSSR count).